The van der Waals surface area contributed by atoms with Crippen LogP contribution in [0.2, 0.25) is 0 Å². The van der Waals surface area contributed by atoms with Crippen molar-refractivity contribution >= 4 is 11.9 Å². The summed E-state index contributed by atoms with van der Waals surface area (Å²) in [4.78, 5) is 28.5. The topological polar surface area (TPSA) is 80.2 Å². The molecule has 2 aromatic heterocycles. The van der Waals surface area contributed by atoms with Crippen molar-refractivity contribution in [2.45, 2.75) is 38.2 Å². The summed E-state index contributed by atoms with van der Waals surface area (Å²) >= 11 is 0. The molecule has 2 aliphatic heterocycles. The molecule has 1 amide bonds. The number of rotatable bonds is 4. The zero-order valence-corrected chi connectivity index (χ0v) is 16.1. The largest absolute Gasteiger partial charge is 0.376 e. The number of likely N-dealkylation sites (tertiary alicyclic amines) is 1. The maximum atomic E-state index is 12.9. The van der Waals surface area contributed by atoms with E-state index < -0.39 is 0 Å². The van der Waals surface area contributed by atoms with E-state index in [1.165, 1.54) is 12.8 Å². The smallest absolute Gasteiger partial charge is 0.255 e. The Labute approximate surface area is 164 Å². The predicted octanol–water partition coefficient (Wildman–Crippen LogP) is 2.32. The van der Waals surface area contributed by atoms with Crippen molar-refractivity contribution in [3.8, 4) is 0 Å². The van der Waals surface area contributed by atoms with Crippen LogP contribution in [0.15, 0.2) is 24.5 Å². The quantitative estimate of drug-likeness (QED) is 0.878. The van der Waals surface area contributed by atoms with Crippen molar-refractivity contribution in [1.82, 2.24) is 19.9 Å². The van der Waals surface area contributed by atoms with Crippen LogP contribution in [0.1, 0.15) is 46.6 Å². The van der Waals surface area contributed by atoms with Gasteiger partial charge in [-0.3, -0.25) is 9.78 Å². The van der Waals surface area contributed by atoms with Gasteiger partial charge in [0.2, 0.25) is 5.95 Å². The Bertz CT molecular complexity index is 899. The highest BCUT2D eigenvalue weighted by Gasteiger charge is 2.47. The molecule has 1 N–H and O–H groups in total. The molecule has 0 unspecified atom stereocenters. The fraction of sp³-hybridized carbons (Fsp3) is 0.524. The molecule has 2 fully saturated rings. The second kappa shape index (κ2) is 6.81. The van der Waals surface area contributed by atoms with Crippen molar-refractivity contribution in [3.63, 3.8) is 0 Å². The van der Waals surface area contributed by atoms with Gasteiger partial charge >= 0.3 is 0 Å². The highest BCUT2D eigenvalue weighted by atomic mass is 16.5. The number of amides is 1. The monoisotopic (exact) mass is 379 g/mol. The normalized spacial score (nSPS) is 23.7. The predicted molar refractivity (Wildman–Crippen MR) is 104 cm³/mol. The average Bonchev–Trinajstić information content (AvgIpc) is 3.46. The third-order valence-electron chi connectivity index (χ3n) is 6.14. The highest BCUT2D eigenvalue weighted by Crippen LogP contribution is 2.40. The molecule has 0 aromatic carbocycles. The average molecular weight is 379 g/mol. The van der Waals surface area contributed by atoms with Gasteiger partial charge in [-0.05, 0) is 44.2 Å². The zero-order valence-electron chi connectivity index (χ0n) is 16.1. The molecule has 1 aliphatic carbocycles. The Morgan fingerprint density at radius 1 is 1.39 bits per heavy atom. The molecule has 146 valence electrons. The van der Waals surface area contributed by atoms with Gasteiger partial charge in [0.05, 0.1) is 29.9 Å². The second-order valence-electron chi connectivity index (χ2n) is 8.28. The lowest BCUT2D eigenvalue weighted by molar-refractivity contribution is 0.0481. The molecule has 3 aliphatic rings. The summed E-state index contributed by atoms with van der Waals surface area (Å²) in [5.41, 5.74) is 3.49. The maximum Gasteiger partial charge on any atom is 0.255 e. The number of carbonyl (C=O) groups excluding carboxylic acids is 1. The van der Waals surface area contributed by atoms with E-state index in [1.54, 1.807) is 18.5 Å². The number of nitrogens with zero attached hydrogens (tertiary/aromatic N) is 4. The first-order chi connectivity index (χ1) is 13.6. The van der Waals surface area contributed by atoms with Crippen LogP contribution in [0.4, 0.5) is 5.95 Å². The van der Waals surface area contributed by atoms with Crippen LogP contribution in [0.3, 0.4) is 0 Å². The molecule has 0 bridgehead atoms. The lowest BCUT2D eigenvalue weighted by Gasteiger charge is -2.35. The SMILES string of the molecule is Cc1nc(NCC2CC2)nc2c1COC[C@]21CCN(C(=O)c2cccnc2)C1. The highest BCUT2D eigenvalue weighted by molar-refractivity contribution is 5.94. The van der Waals surface area contributed by atoms with Gasteiger partial charge in [-0.25, -0.2) is 9.97 Å². The molecule has 4 heterocycles. The van der Waals surface area contributed by atoms with Crippen molar-refractivity contribution < 1.29 is 9.53 Å². The van der Waals surface area contributed by atoms with Crippen LogP contribution in [-0.2, 0) is 16.8 Å². The second-order valence-corrected chi connectivity index (χ2v) is 8.28. The fourth-order valence-corrected chi connectivity index (χ4v) is 4.29. The molecule has 5 rings (SSSR count). The molecule has 28 heavy (non-hydrogen) atoms. The van der Waals surface area contributed by atoms with Crippen LogP contribution < -0.4 is 5.32 Å². The summed E-state index contributed by atoms with van der Waals surface area (Å²) in [6.45, 7) is 5.42. The molecule has 7 nitrogen and oxygen atoms in total. The van der Waals surface area contributed by atoms with Crippen molar-refractivity contribution in [2.24, 2.45) is 5.92 Å². The Hall–Kier alpha value is -2.54. The number of pyridine rings is 1. The van der Waals surface area contributed by atoms with Crippen LogP contribution in [0, 0.1) is 12.8 Å². The summed E-state index contributed by atoms with van der Waals surface area (Å²) in [6, 6.07) is 3.62. The van der Waals surface area contributed by atoms with Crippen LogP contribution >= 0.6 is 0 Å². The number of fused-ring (bicyclic) bond motifs is 2. The third-order valence-corrected chi connectivity index (χ3v) is 6.14. The van der Waals surface area contributed by atoms with Gasteiger partial charge in [0.15, 0.2) is 0 Å². The Kier molecular flexibility index (Phi) is 4.27. The van der Waals surface area contributed by atoms with Gasteiger partial charge in [0.25, 0.3) is 5.91 Å². The summed E-state index contributed by atoms with van der Waals surface area (Å²) in [7, 11) is 0. The van der Waals surface area contributed by atoms with Crippen molar-refractivity contribution in [2.75, 3.05) is 31.6 Å². The van der Waals surface area contributed by atoms with E-state index >= 15 is 0 Å². The summed E-state index contributed by atoms with van der Waals surface area (Å²) in [5.74, 6) is 1.49. The van der Waals surface area contributed by atoms with Gasteiger partial charge in [-0.2, -0.15) is 0 Å². The summed E-state index contributed by atoms with van der Waals surface area (Å²) < 4.78 is 5.95. The van der Waals surface area contributed by atoms with Crippen molar-refractivity contribution in [1.29, 1.82) is 0 Å². The zero-order chi connectivity index (χ0) is 19.1. The Morgan fingerprint density at radius 2 is 2.29 bits per heavy atom. The molecular weight excluding hydrogens is 354 g/mol. The minimum absolute atomic E-state index is 0.0231. The van der Waals surface area contributed by atoms with E-state index in [0.29, 0.717) is 37.8 Å². The first kappa shape index (κ1) is 17.6. The molecule has 1 saturated carbocycles. The van der Waals surface area contributed by atoms with Crippen LogP contribution in [-0.4, -0.2) is 52.0 Å². The molecule has 1 atom stereocenters. The minimum Gasteiger partial charge on any atom is -0.376 e. The molecular formula is C21H25N5O2. The number of anilines is 1. The molecule has 7 heteroatoms. The van der Waals surface area contributed by atoms with Crippen molar-refractivity contribution in [3.05, 3.63) is 47.0 Å². The summed E-state index contributed by atoms with van der Waals surface area (Å²) in [5, 5.41) is 3.41. The Balaban J connectivity index is 1.42. The van der Waals surface area contributed by atoms with E-state index in [-0.39, 0.29) is 11.3 Å². The number of hydrogen-bond acceptors (Lipinski definition) is 6. The number of ether oxygens (including phenoxy) is 1. The third kappa shape index (κ3) is 3.13. The number of carbonyl (C=O) groups is 1. The number of nitrogens with one attached hydrogen (secondary N) is 1. The molecule has 2 aromatic rings. The van der Waals surface area contributed by atoms with Gasteiger partial charge in [-0.15, -0.1) is 0 Å². The van der Waals surface area contributed by atoms with E-state index in [2.05, 4.69) is 15.3 Å². The Morgan fingerprint density at radius 3 is 3.07 bits per heavy atom. The molecule has 1 spiro atoms. The fourth-order valence-electron chi connectivity index (χ4n) is 4.29. The van der Waals surface area contributed by atoms with Crippen LogP contribution in [0.5, 0.6) is 0 Å². The standard InChI is InChI=1S/C21H25N5O2/c1-14-17-11-28-13-21(18(17)25-20(24-14)23-9-15-4-5-15)6-8-26(12-21)19(27)16-3-2-7-22-10-16/h2-3,7,10,15H,4-6,8-9,11-13H2,1H3,(H,23,24,25)/t21-/m1/s1. The van der Waals surface area contributed by atoms with Crippen LogP contribution in [0.25, 0.3) is 0 Å². The number of hydrogen-bond donors (Lipinski definition) is 1. The first-order valence-electron chi connectivity index (χ1n) is 10.0. The maximum absolute atomic E-state index is 12.9. The van der Waals surface area contributed by atoms with Gasteiger partial charge in [-0.1, -0.05) is 0 Å². The summed E-state index contributed by atoms with van der Waals surface area (Å²) in [6.07, 6.45) is 6.75. The lowest BCUT2D eigenvalue weighted by atomic mass is 9.80. The van der Waals surface area contributed by atoms with Gasteiger partial charge < -0.3 is 15.0 Å². The lowest BCUT2D eigenvalue weighted by Crippen LogP contribution is -2.42. The van der Waals surface area contributed by atoms with Gasteiger partial charge in [0.1, 0.15) is 0 Å². The number of aromatic nitrogens is 3. The molecule has 1 saturated heterocycles. The first-order valence-corrected chi connectivity index (χ1v) is 10.0. The van der Waals surface area contributed by atoms with E-state index in [0.717, 1.165) is 35.8 Å². The van der Waals surface area contributed by atoms with Gasteiger partial charge in [0, 0.05) is 43.3 Å². The number of aryl methyl sites for hydroxylation is 1. The molecule has 0 radical (unpaired) electrons. The van der Waals surface area contributed by atoms with E-state index in [1.807, 2.05) is 17.9 Å². The van der Waals surface area contributed by atoms with E-state index in [4.69, 9.17) is 9.72 Å². The minimum atomic E-state index is -0.255. The van der Waals surface area contributed by atoms with E-state index in [9.17, 15) is 4.79 Å².